The minimum atomic E-state index is -4.42. The lowest BCUT2D eigenvalue weighted by molar-refractivity contribution is -0.133. The van der Waals surface area contributed by atoms with E-state index in [1.807, 2.05) is 0 Å². The topological polar surface area (TPSA) is 99.3 Å². The molecule has 130 valence electrons. The molecule has 0 saturated carbocycles. The number of carbonyl (C=O) groups excluding carboxylic acids is 1. The van der Waals surface area contributed by atoms with Crippen molar-refractivity contribution in [2.45, 2.75) is 11.8 Å². The highest BCUT2D eigenvalue weighted by atomic mass is 32.2. The Balaban J connectivity index is 2.23. The molecule has 25 heavy (non-hydrogen) atoms. The van der Waals surface area contributed by atoms with Gasteiger partial charge in [-0.3, -0.25) is 4.98 Å². The predicted octanol–water partition coefficient (Wildman–Crippen LogP) is 1.78. The molecule has 0 atom stereocenters. The van der Waals surface area contributed by atoms with Gasteiger partial charge in [0.15, 0.2) is 0 Å². The van der Waals surface area contributed by atoms with Gasteiger partial charge >= 0.3 is 5.97 Å². The van der Waals surface area contributed by atoms with Gasteiger partial charge in [-0.15, -0.1) is 0 Å². The number of carbonyl (C=O) groups is 1. The third kappa shape index (κ3) is 3.15. The standard InChI is InChI=1S/C16H12F2N2O4S/c1-8-2-9(6-20-5-8)15-11(7-24-16(15)21)10-3-13(18)14(4-12(10)17)25(19,22)23/h2-6H,7H2,1H3,(H2,19,22,23). The van der Waals surface area contributed by atoms with Crippen molar-refractivity contribution in [1.82, 2.24) is 4.98 Å². The van der Waals surface area contributed by atoms with Crippen LogP contribution in [0.25, 0.3) is 11.1 Å². The van der Waals surface area contributed by atoms with Crippen LogP contribution in [0.3, 0.4) is 0 Å². The summed E-state index contributed by atoms with van der Waals surface area (Å²) < 4.78 is 56.0. The number of esters is 1. The van der Waals surface area contributed by atoms with Crippen LogP contribution in [0.15, 0.2) is 35.5 Å². The van der Waals surface area contributed by atoms with Gasteiger partial charge in [0.2, 0.25) is 10.0 Å². The second-order valence-corrected chi connectivity index (χ2v) is 7.02. The second-order valence-electron chi connectivity index (χ2n) is 5.49. The number of aryl methyl sites for hydroxylation is 1. The molecule has 2 N–H and O–H groups in total. The fourth-order valence-electron chi connectivity index (χ4n) is 2.58. The van der Waals surface area contributed by atoms with Crippen LogP contribution in [0.2, 0.25) is 0 Å². The van der Waals surface area contributed by atoms with E-state index in [1.165, 1.54) is 6.20 Å². The van der Waals surface area contributed by atoms with E-state index in [9.17, 15) is 22.0 Å². The molecule has 6 nitrogen and oxygen atoms in total. The third-order valence-corrected chi connectivity index (χ3v) is 4.60. The maximum atomic E-state index is 14.4. The fraction of sp³-hybridized carbons (Fsp3) is 0.125. The molecular weight excluding hydrogens is 354 g/mol. The van der Waals surface area contributed by atoms with Crippen molar-refractivity contribution >= 4 is 27.1 Å². The molecule has 0 fully saturated rings. The Morgan fingerprint density at radius 1 is 1.16 bits per heavy atom. The highest BCUT2D eigenvalue weighted by Crippen LogP contribution is 2.35. The summed E-state index contributed by atoms with van der Waals surface area (Å²) >= 11 is 0. The first-order valence-corrected chi connectivity index (χ1v) is 8.57. The number of nitrogens with zero attached hydrogens (tertiary/aromatic N) is 1. The van der Waals surface area contributed by atoms with Crippen molar-refractivity contribution < 1.29 is 26.7 Å². The molecule has 1 aromatic carbocycles. The van der Waals surface area contributed by atoms with Crippen LogP contribution in [0, 0.1) is 18.6 Å². The van der Waals surface area contributed by atoms with Crippen LogP contribution in [-0.2, 0) is 19.6 Å². The van der Waals surface area contributed by atoms with Gasteiger partial charge in [-0.1, -0.05) is 0 Å². The Hall–Kier alpha value is -2.65. The summed E-state index contributed by atoms with van der Waals surface area (Å²) in [5.74, 6) is -2.94. The van der Waals surface area contributed by atoms with Crippen molar-refractivity contribution in [1.29, 1.82) is 0 Å². The summed E-state index contributed by atoms with van der Waals surface area (Å²) in [4.78, 5) is 15.1. The Kier molecular flexibility index (Phi) is 4.13. The minimum absolute atomic E-state index is 0.0536. The first-order chi connectivity index (χ1) is 11.7. The zero-order valence-electron chi connectivity index (χ0n) is 12.9. The van der Waals surface area contributed by atoms with Crippen LogP contribution < -0.4 is 5.14 Å². The first kappa shape index (κ1) is 17.2. The van der Waals surface area contributed by atoms with Crippen molar-refractivity contribution in [3.63, 3.8) is 0 Å². The highest BCUT2D eigenvalue weighted by molar-refractivity contribution is 7.89. The molecule has 0 unspecified atom stereocenters. The fourth-order valence-corrected chi connectivity index (χ4v) is 3.18. The lowest BCUT2D eigenvalue weighted by Gasteiger charge is -2.09. The van der Waals surface area contributed by atoms with E-state index in [0.29, 0.717) is 17.7 Å². The minimum Gasteiger partial charge on any atom is -0.457 e. The number of sulfonamides is 1. The van der Waals surface area contributed by atoms with Crippen LogP contribution >= 0.6 is 0 Å². The van der Waals surface area contributed by atoms with Gasteiger partial charge in [0.1, 0.15) is 23.1 Å². The van der Waals surface area contributed by atoms with E-state index in [4.69, 9.17) is 9.88 Å². The Morgan fingerprint density at radius 3 is 2.52 bits per heavy atom. The molecule has 0 spiro atoms. The Bertz CT molecular complexity index is 1030. The summed E-state index contributed by atoms with van der Waals surface area (Å²) in [6.45, 7) is 1.49. The lowest BCUT2D eigenvalue weighted by atomic mass is 9.96. The number of pyridine rings is 1. The monoisotopic (exact) mass is 366 g/mol. The Morgan fingerprint density at radius 2 is 1.88 bits per heavy atom. The molecule has 1 aliphatic heterocycles. The van der Waals surface area contributed by atoms with Crippen LogP contribution in [0.5, 0.6) is 0 Å². The number of cyclic esters (lactones) is 1. The van der Waals surface area contributed by atoms with Crippen LogP contribution in [0.1, 0.15) is 16.7 Å². The number of nitrogens with two attached hydrogens (primary N) is 1. The lowest BCUT2D eigenvalue weighted by Crippen LogP contribution is -2.15. The van der Waals surface area contributed by atoms with E-state index in [-0.39, 0.29) is 23.3 Å². The average Bonchev–Trinajstić information content (AvgIpc) is 2.89. The zero-order chi connectivity index (χ0) is 18.4. The average molecular weight is 366 g/mol. The molecule has 0 aliphatic carbocycles. The second kappa shape index (κ2) is 6.01. The normalized spacial score (nSPS) is 14.8. The maximum absolute atomic E-state index is 14.4. The van der Waals surface area contributed by atoms with Gasteiger partial charge in [-0.25, -0.2) is 27.1 Å². The molecule has 0 radical (unpaired) electrons. The number of hydrogen-bond acceptors (Lipinski definition) is 5. The van der Waals surface area contributed by atoms with E-state index >= 15 is 0 Å². The summed E-state index contributed by atoms with van der Waals surface area (Å²) in [7, 11) is -4.42. The zero-order valence-corrected chi connectivity index (χ0v) is 13.7. The van der Waals surface area contributed by atoms with Crippen LogP contribution in [0.4, 0.5) is 8.78 Å². The van der Waals surface area contributed by atoms with Crippen molar-refractivity contribution in [2.75, 3.05) is 6.61 Å². The summed E-state index contributed by atoms with van der Waals surface area (Å²) in [6.07, 6.45) is 2.98. The number of aromatic nitrogens is 1. The quantitative estimate of drug-likeness (QED) is 0.835. The van der Waals surface area contributed by atoms with Crippen molar-refractivity contribution in [3.05, 3.63) is 58.9 Å². The van der Waals surface area contributed by atoms with Crippen molar-refractivity contribution in [3.8, 4) is 0 Å². The number of hydrogen-bond donors (Lipinski definition) is 1. The summed E-state index contributed by atoms with van der Waals surface area (Å²) in [5, 5.41) is 4.85. The molecular formula is C16H12F2N2O4S. The summed E-state index contributed by atoms with van der Waals surface area (Å²) in [5.41, 5.74) is 1.05. The molecule has 0 saturated heterocycles. The van der Waals surface area contributed by atoms with E-state index < -0.39 is 32.5 Å². The first-order valence-electron chi connectivity index (χ1n) is 7.03. The number of rotatable bonds is 3. The predicted molar refractivity (Wildman–Crippen MR) is 84.5 cm³/mol. The van der Waals surface area contributed by atoms with E-state index in [2.05, 4.69) is 4.98 Å². The number of halogens is 2. The van der Waals surface area contributed by atoms with Gasteiger partial charge in [0.25, 0.3) is 0 Å². The van der Waals surface area contributed by atoms with Gasteiger partial charge in [-0.05, 0) is 30.7 Å². The number of primary sulfonamides is 1. The molecule has 0 amide bonds. The largest absolute Gasteiger partial charge is 0.457 e. The van der Waals surface area contributed by atoms with E-state index in [0.717, 1.165) is 5.56 Å². The third-order valence-electron chi connectivity index (χ3n) is 3.67. The molecule has 2 aromatic rings. The number of benzene rings is 1. The highest BCUT2D eigenvalue weighted by Gasteiger charge is 2.30. The SMILES string of the molecule is Cc1cncc(C2=C(c3cc(F)c(S(N)(=O)=O)cc3F)COC2=O)c1. The molecule has 9 heteroatoms. The molecule has 3 rings (SSSR count). The molecule has 0 bridgehead atoms. The smallest absolute Gasteiger partial charge is 0.339 e. The van der Waals surface area contributed by atoms with Crippen molar-refractivity contribution in [2.24, 2.45) is 5.14 Å². The van der Waals surface area contributed by atoms with Crippen LogP contribution in [-0.4, -0.2) is 26.0 Å². The Labute approximate surface area is 142 Å². The molecule has 1 aliphatic rings. The molecule has 1 aromatic heterocycles. The van der Waals surface area contributed by atoms with Gasteiger partial charge < -0.3 is 4.74 Å². The van der Waals surface area contributed by atoms with Gasteiger partial charge in [-0.2, -0.15) is 0 Å². The van der Waals surface area contributed by atoms with E-state index in [1.54, 1.807) is 19.2 Å². The van der Waals surface area contributed by atoms with Gasteiger partial charge in [0, 0.05) is 29.1 Å². The number of ether oxygens (including phenoxy) is 1. The molecule has 2 heterocycles. The maximum Gasteiger partial charge on any atom is 0.339 e. The van der Waals surface area contributed by atoms with Gasteiger partial charge in [0.05, 0.1) is 5.57 Å². The summed E-state index contributed by atoms with van der Waals surface area (Å²) in [6, 6.07) is 2.83.